The van der Waals surface area contributed by atoms with Gasteiger partial charge in [0.15, 0.2) is 5.58 Å². The fourth-order valence-electron chi connectivity index (χ4n) is 3.76. The topological polar surface area (TPSA) is 87.5 Å². The zero-order valence-corrected chi connectivity index (χ0v) is 17.4. The minimum atomic E-state index is -3.44. The number of fused-ring (bicyclic) bond motifs is 1. The molecule has 0 bridgehead atoms. The van der Waals surface area contributed by atoms with Crippen LogP contribution in [0.4, 0.5) is 10.4 Å². The molecule has 1 fully saturated rings. The van der Waals surface area contributed by atoms with Gasteiger partial charge in [0.25, 0.3) is 16.2 Å². The number of nitrogens with zero attached hydrogens (tertiary/aromatic N) is 2. The zero-order chi connectivity index (χ0) is 20.3. The molecular weight excluding hydrogens is 383 g/mol. The van der Waals surface area contributed by atoms with E-state index in [1.54, 1.807) is 6.07 Å². The second kappa shape index (κ2) is 8.75. The van der Waals surface area contributed by atoms with Crippen LogP contribution in [-0.2, 0) is 10.2 Å². The van der Waals surface area contributed by atoms with E-state index < -0.39 is 10.2 Å². The first kappa shape index (κ1) is 21.0. The fourth-order valence-corrected chi connectivity index (χ4v) is 5.27. The number of nitrogens with one attached hydrogen (secondary N) is 2. The van der Waals surface area contributed by atoms with Crippen LogP contribution < -0.4 is 10.0 Å². The summed E-state index contributed by atoms with van der Waals surface area (Å²) in [7, 11) is -3.44. The Morgan fingerprint density at radius 3 is 2.64 bits per heavy atom. The number of rotatable bonds is 8. The zero-order valence-electron chi connectivity index (χ0n) is 16.6. The highest BCUT2D eigenvalue weighted by Gasteiger charge is 2.27. The van der Waals surface area contributed by atoms with Crippen molar-refractivity contribution >= 4 is 27.3 Å². The van der Waals surface area contributed by atoms with Gasteiger partial charge in [-0.05, 0) is 57.6 Å². The number of oxazole rings is 1. The van der Waals surface area contributed by atoms with Crippen molar-refractivity contribution in [2.75, 3.05) is 18.4 Å². The summed E-state index contributed by atoms with van der Waals surface area (Å²) in [5, 5.41) is 3.28. The molecular formula is C19H29FN4O3S. The Labute approximate surface area is 165 Å². The van der Waals surface area contributed by atoms with Gasteiger partial charge in [0.05, 0.1) is 0 Å². The summed E-state index contributed by atoms with van der Waals surface area (Å²) in [5.41, 5.74) is 1.05. The first-order valence-corrected chi connectivity index (χ1v) is 11.3. The Balaban J connectivity index is 1.49. The van der Waals surface area contributed by atoms with Crippen molar-refractivity contribution in [3.63, 3.8) is 0 Å². The molecule has 3 rings (SSSR count). The lowest BCUT2D eigenvalue weighted by Gasteiger charge is -2.30. The SMILES string of the molecule is CCN(C(C)C)S(=O)(=O)NCC1CCC(Nc2nc3ccc(F)cc3o2)CC1. The number of anilines is 1. The highest BCUT2D eigenvalue weighted by Crippen LogP contribution is 2.28. The van der Waals surface area contributed by atoms with Gasteiger partial charge in [-0.15, -0.1) is 0 Å². The van der Waals surface area contributed by atoms with Gasteiger partial charge in [0, 0.05) is 31.2 Å². The largest absolute Gasteiger partial charge is 0.423 e. The summed E-state index contributed by atoms with van der Waals surface area (Å²) < 4.78 is 47.9. The van der Waals surface area contributed by atoms with Crippen molar-refractivity contribution in [1.29, 1.82) is 0 Å². The molecule has 0 atom stereocenters. The molecule has 0 amide bonds. The van der Waals surface area contributed by atoms with Crippen LogP contribution in [0.2, 0.25) is 0 Å². The van der Waals surface area contributed by atoms with Gasteiger partial charge in [-0.1, -0.05) is 6.92 Å². The molecule has 0 spiro atoms. The fraction of sp³-hybridized carbons (Fsp3) is 0.632. The summed E-state index contributed by atoms with van der Waals surface area (Å²) in [5.74, 6) is -0.0336. The predicted octanol–water partition coefficient (Wildman–Crippen LogP) is 3.50. The lowest BCUT2D eigenvalue weighted by Crippen LogP contribution is -2.46. The second-order valence-corrected chi connectivity index (χ2v) is 9.35. The normalized spacial score (nSPS) is 20.9. The van der Waals surface area contributed by atoms with Crippen molar-refractivity contribution in [3.05, 3.63) is 24.0 Å². The molecule has 7 nitrogen and oxygen atoms in total. The molecule has 1 aromatic carbocycles. The summed E-state index contributed by atoms with van der Waals surface area (Å²) in [6, 6.07) is 4.84. The molecule has 1 heterocycles. The van der Waals surface area contributed by atoms with Gasteiger partial charge in [0.1, 0.15) is 11.3 Å². The van der Waals surface area contributed by atoms with Crippen molar-refractivity contribution < 1.29 is 17.2 Å². The van der Waals surface area contributed by atoms with Crippen LogP contribution in [0, 0.1) is 11.7 Å². The summed E-state index contributed by atoms with van der Waals surface area (Å²) >= 11 is 0. The maximum atomic E-state index is 13.3. The van der Waals surface area contributed by atoms with Crippen LogP contribution in [0.5, 0.6) is 0 Å². The summed E-state index contributed by atoms with van der Waals surface area (Å²) in [6.45, 7) is 6.51. The van der Waals surface area contributed by atoms with Crippen LogP contribution in [0.15, 0.2) is 22.6 Å². The molecule has 0 aliphatic heterocycles. The first-order chi connectivity index (χ1) is 13.3. The van der Waals surface area contributed by atoms with Crippen molar-refractivity contribution in [1.82, 2.24) is 14.0 Å². The Bertz CT molecular complexity index is 892. The van der Waals surface area contributed by atoms with Crippen LogP contribution in [0.25, 0.3) is 11.1 Å². The maximum absolute atomic E-state index is 13.3. The van der Waals surface area contributed by atoms with E-state index in [1.165, 1.54) is 16.4 Å². The van der Waals surface area contributed by atoms with Crippen molar-refractivity contribution in [2.24, 2.45) is 5.92 Å². The number of halogens is 1. The molecule has 0 unspecified atom stereocenters. The second-order valence-electron chi connectivity index (χ2n) is 7.64. The van der Waals surface area contributed by atoms with E-state index in [0.29, 0.717) is 36.1 Å². The average molecular weight is 413 g/mol. The van der Waals surface area contributed by atoms with Crippen LogP contribution in [-0.4, -0.2) is 42.9 Å². The van der Waals surface area contributed by atoms with Crippen LogP contribution in [0.1, 0.15) is 46.5 Å². The number of benzene rings is 1. The third kappa shape index (κ3) is 5.01. The molecule has 9 heteroatoms. The van der Waals surface area contributed by atoms with E-state index in [4.69, 9.17) is 4.42 Å². The maximum Gasteiger partial charge on any atom is 0.295 e. The molecule has 1 aromatic heterocycles. The first-order valence-electron chi connectivity index (χ1n) is 9.87. The van der Waals surface area contributed by atoms with E-state index in [1.807, 2.05) is 20.8 Å². The van der Waals surface area contributed by atoms with Crippen molar-refractivity contribution in [3.8, 4) is 0 Å². The van der Waals surface area contributed by atoms with E-state index in [0.717, 1.165) is 25.7 Å². The Kier molecular flexibility index (Phi) is 6.57. The summed E-state index contributed by atoms with van der Waals surface area (Å²) in [4.78, 5) is 4.34. The number of hydrogen-bond donors (Lipinski definition) is 2. The number of aromatic nitrogens is 1. The molecule has 2 aromatic rings. The molecule has 0 radical (unpaired) electrons. The number of hydrogen-bond acceptors (Lipinski definition) is 5. The molecule has 28 heavy (non-hydrogen) atoms. The van der Waals surface area contributed by atoms with Gasteiger partial charge in [0.2, 0.25) is 0 Å². The third-order valence-electron chi connectivity index (χ3n) is 5.28. The molecule has 1 aliphatic rings. The van der Waals surface area contributed by atoms with Crippen LogP contribution in [0.3, 0.4) is 0 Å². The average Bonchev–Trinajstić information content (AvgIpc) is 3.02. The monoisotopic (exact) mass is 412 g/mol. The van der Waals surface area contributed by atoms with E-state index in [9.17, 15) is 12.8 Å². The smallest absolute Gasteiger partial charge is 0.295 e. The third-order valence-corrected chi connectivity index (χ3v) is 7.10. The van der Waals surface area contributed by atoms with Gasteiger partial charge in [-0.25, -0.2) is 9.11 Å². The van der Waals surface area contributed by atoms with Gasteiger partial charge < -0.3 is 9.73 Å². The van der Waals surface area contributed by atoms with E-state index in [-0.39, 0.29) is 17.9 Å². The molecule has 2 N–H and O–H groups in total. The minimum Gasteiger partial charge on any atom is -0.423 e. The van der Waals surface area contributed by atoms with Crippen LogP contribution >= 0.6 is 0 Å². The molecule has 156 valence electrons. The highest BCUT2D eigenvalue weighted by atomic mass is 32.2. The summed E-state index contributed by atoms with van der Waals surface area (Å²) in [6.07, 6.45) is 3.65. The van der Waals surface area contributed by atoms with E-state index >= 15 is 0 Å². The minimum absolute atomic E-state index is 0.0628. The quantitative estimate of drug-likeness (QED) is 0.693. The Morgan fingerprint density at radius 1 is 1.29 bits per heavy atom. The molecule has 0 saturated heterocycles. The lowest BCUT2D eigenvalue weighted by atomic mass is 9.86. The van der Waals surface area contributed by atoms with E-state index in [2.05, 4.69) is 15.0 Å². The lowest BCUT2D eigenvalue weighted by molar-refractivity contribution is 0.323. The Morgan fingerprint density at radius 2 is 2.00 bits per heavy atom. The van der Waals surface area contributed by atoms with Gasteiger partial charge >= 0.3 is 0 Å². The molecule has 1 aliphatic carbocycles. The predicted molar refractivity (Wildman–Crippen MR) is 108 cm³/mol. The van der Waals surface area contributed by atoms with Gasteiger partial charge in [-0.2, -0.15) is 17.7 Å². The Hall–Kier alpha value is -1.71. The van der Waals surface area contributed by atoms with Gasteiger partial charge in [-0.3, -0.25) is 0 Å². The van der Waals surface area contributed by atoms with Crippen molar-refractivity contribution in [2.45, 2.75) is 58.5 Å². The standard InChI is InChI=1S/C19H29FN4O3S/c1-4-24(13(2)3)28(25,26)21-12-14-5-8-16(9-6-14)22-19-23-17-10-7-15(20)11-18(17)27-19/h7,10-11,13-14,16,21H,4-6,8-9,12H2,1-3H3,(H,22,23). The highest BCUT2D eigenvalue weighted by molar-refractivity contribution is 7.87. The molecule has 1 saturated carbocycles.